The highest BCUT2D eigenvalue weighted by atomic mass is 15.2. The van der Waals surface area contributed by atoms with Crippen molar-refractivity contribution in [1.29, 1.82) is 5.26 Å². The zero-order chi connectivity index (χ0) is 28.9. The van der Waals surface area contributed by atoms with E-state index in [1.807, 2.05) is 6.07 Å². The van der Waals surface area contributed by atoms with Crippen LogP contribution in [0.1, 0.15) is 30.5 Å². The fraction of sp³-hybridized carbons (Fsp3) is 0.0769. The molecule has 202 valence electrons. The van der Waals surface area contributed by atoms with Crippen LogP contribution in [0.5, 0.6) is 0 Å². The van der Waals surface area contributed by atoms with Gasteiger partial charge < -0.3 is 0 Å². The number of hydrogen-bond acceptors (Lipinski definition) is 2. The Morgan fingerprint density at radius 3 is 2.23 bits per heavy atom. The van der Waals surface area contributed by atoms with Crippen LogP contribution in [0, 0.1) is 11.3 Å². The van der Waals surface area contributed by atoms with Crippen molar-refractivity contribution in [2.45, 2.75) is 19.3 Å². The van der Waals surface area contributed by atoms with Gasteiger partial charge in [0.05, 0.1) is 33.7 Å². The van der Waals surface area contributed by atoms with Crippen molar-refractivity contribution in [1.82, 2.24) is 14.0 Å². The number of benzene rings is 6. The molecule has 2 aromatic heterocycles. The van der Waals surface area contributed by atoms with Crippen LogP contribution in [0.25, 0.3) is 66.6 Å². The molecular formula is C39H26N4. The maximum Gasteiger partial charge on any atom is 0.220 e. The lowest BCUT2D eigenvalue weighted by Crippen LogP contribution is -2.15. The molecule has 0 spiro atoms. The van der Waals surface area contributed by atoms with Crippen molar-refractivity contribution in [3.05, 3.63) is 138 Å². The second-order valence-electron chi connectivity index (χ2n) is 12.0. The van der Waals surface area contributed by atoms with Crippen molar-refractivity contribution >= 4 is 38.6 Å². The van der Waals surface area contributed by atoms with Gasteiger partial charge in [0, 0.05) is 16.5 Å². The molecule has 4 heteroatoms. The third kappa shape index (κ3) is 3.22. The van der Waals surface area contributed by atoms with E-state index in [0.717, 1.165) is 39.1 Å². The quantitative estimate of drug-likeness (QED) is 0.215. The Balaban J connectivity index is 1.30. The predicted octanol–water partition coefficient (Wildman–Crippen LogP) is 9.43. The molecular weight excluding hydrogens is 524 g/mol. The summed E-state index contributed by atoms with van der Waals surface area (Å²) in [4.78, 5) is 5.19. The molecule has 9 rings (SSSR count). The second-order valence-corrected chi connectivity index (χ2v) is 12.0. The molecule has 0 fully saturated rings. The number of nitrogens with zero attached hydrogens (tertiary/aromatic N) is 4. The average molecular weight is 551 g/mol. The first kappa shape index (κ1) is 24.0. The van der Waals surface area contributed by atoms with Gasteiger partial charge in [0.1, 0.15) is 0 Å². The van der Waals surface area contributed by atoms with Crippen LogP contribution in [0.2, 0.25) is 0 Å². The summed E-state index contributed by atoms with van der Waals surface area (Å²) in [5.74, 6) is 0.906. The third-order valence-corrected chi connectivity index (χ3v) is 9.33. The summed E-state index contributed by atoms with van der Waals surface area (Å²) in [6.07, 6.45) is 0. The van der Waals surface area contributed by atoms with E-state index in [4.69, 9.17) is 4.98 Å². The van der Waals surface area contributed by atoms with Crippen molar-refractivity contribution in [2.75, 3.05) is 0 Å². The Kier molecular flexibility index (Phi) is 4.71. The third-order valence-electron chi connectivity index (χ3n) is 9.33. The van der Waals surface area contributed by atoms with Gasteiger partial charge in [-0.05, 0) is 87.3 Å². The summed E-state index contributed by atoms with van der Waals surface area (Å²) in [5, 5.41) is 11.9. The van der Waals surface area contributed by atoms with Gasteiger partial charge in [0.15, 0.2) is 0 Å². The number of rotatable bonds is 2. The van der Waals surface area contributed by atoms with Crippen molar-refractivity contribution in [3.63, 3.8) is 0 Å². The molecule has 0 saturated heterocycles. The molecule has 0 N–H and O–H groups in total. The van der Waals surface area contributed by atoms with E-state index in [0.29, 0.717) is 5.56 Å². The van der Waals surface area contributed by atoms with E-state index < -0.39 is 0 Å². The van der Waals surface area contributed by atoms with E-state index in [1.54, 1.807) is 0 Å². The standard InChI is InChI=1S/C39H26N4/c1-39(2)32-20-24(23-40)12-16-30(32)31-17-13-26(21-33(31)39)27-14-18-34-36(22-27)43-37-29-11-7-6-8-25(29)15-19-35(37)42(38(43)41-34)28-9-4-3-5-10-28/h3-22H,1-2H3. The van der Waals surface area contributed by atoms with Crippen LogP contribution < -0.4 is 0 Å². The maximum atomic E-state index is 9.53. The molecule has 0 radical (unpaired) electrons. The summed E-state index contributed by atoms with van der Waals surface area (Å²) in [6, 6.07) is 45.3. The maximum absolute atomic E-state index is 9.53. The Morgan fingerprint density at radius 2 is 1.40 bits per heavy atom. The topological polar surface area (TPSA) is 46.0 Å². The fourth-order valence-corrected chi connectivity index (χ4v) is 7.20. The van der Waals surface area contributed by atoms with Crippen LogP contribution in [-0.2, 0) is 5.41 Å². The molecule has 1 aliphatic carbocycles. The van der Waals surface area contributed by atoms with E-state index in [1.165, 1.54) is 38.6 Å². The molecule has 43 heavy (non-hydrogen) atoms. The van der Waals surface area contributed by atoms with Crippen molar-refractivity contribution in [2.24, 2.45) is 0 Å². The van der Waals surface area contributed by atoms with Crippen molar-refractivity contribution < 1.29 is 0 Å². The lowest BCUT2D eigenvalue weighted by Gasteiger charge is -2.22. The van der Waals surface area contributed by atoms with Gasteiger partial charge in [0.25, 0.3) is 0 Å². The van der Waals surface area contributed by atoms with Crippen molar-refractivity contribution in [3.8, 4) is 34.0 Å². The van der Waals surface area contributed by atoms with E-state index in [9.17, 15) is 5.26 Å². The van der Waals surface area contributed by atoms with Gasteiger partial charge in [0.2, 0.25) is 5.78 Å². The van der Waals surface area contributed by atoms with E-state index >= 15 is 0 Å². The van der Waals surface area contributed by atoms with E-state index in [-0.39, 0.29) is 5.41 Å². The first-order valence-electron chi connectivity index (χ1n) is 14.6. The Bertz CT molecular complexity index is 2490. The highest BCUT2D eigenvalue weighted by Crippen LogP contribution is 2.50. The van der Waals surface area contributed by atoms with Gasteiger partial charge >= 0.3 is 0 Å². The van der Waals surface area contributed by atoms with Crippen LogP contribution in [-0.4, -0.2) is 14.0 Å². The first-order chi connectivity index (χ1) is 21.0. The monoisotopic (exact) mass is 550 g/mol. The molecule has 8 aromatic rings. The number of imidazole rings is 2. The first-order valence-corrected chi connectivity index (χ1v) is 14.6. The van der Waals surface area contributed by atoms with Crippen LogP contribution >= 0.6 is 0 Å². The summed E-state index contributed by atoms with van der Waals surface area (Å²) in [6.45, 7) is 4.52. The molecule has 0 bridgehead atoms. The Morgan fingerprint density at radius 1 is 0.674 bits per heavy atom. The molecule has 1 aliphatic rings. The highest BCUT2D eigenvalue weighted by Gasteiger charge is 2.35. The highest BCUT2D eigenvalue weighted by molar-refractivity contribution is 6.08. The molecule has 2 heterocycles. The predicted molar refractivity (Wildman–Crippen MR) is 175 cm³/mol. The second kappa shape index (κ2) is 8.44. The smallest absolute Gasteiger partial charge is 0.220 e. The number of hydrogen-bond donors (Lipinski definition) is 0. The van der Waals surface area contributed by atoms with Gasteiger partial charge in [-0.1, -0.05) is 86.6 Å². The average Bonchev–Trinajstić information content (AvgIpc) is 3.65. The fourth-order valence-electron chi connectivity index (χ4n) is 7.20. The van der Waals surface area contributed by atoms with Gasteiger partial charge in [-0.2, -0.15) is 5.26 Å². The van der Waals surface area contributed by atoms with Crippen LogP contribution in [0.4, 0.5) is 0 Å². The number of para-hydroxylation sites is 1. The number of aromatic nitrogens is 3. The van der Waals surface area contributed by atoms with E-state index in [2.05, 4.69) is 144 Å². The molecule has 0 amide bonds. The molecule has 0 saturated carbocycles. The minimum Gasteiger partial charge on any atom is -0.278 e. The number of nitriles is 1. The Hall–Kier alpha value is -5.66. The minimum atomic E-state index is -0.191. The summed E-state index contributed by atoms with van der Waals surface area (Å²) >= 11 is 0. The van der Waals surface area contributed by atoms with Crippen LogP contribution in [0.3, 0.4) is 0 Å². The SMILES string of the molecule is CC1(C)c2cc(C#N)ccc2-c2ccc(-c3ccc4nc5n(-c6ccccc6)c6ccc7ccccc7c6n5c4c3)cc21. The van der Waals surface area contributed by atoms with Gasteiger partial charge in [-0.25, -0.2) is 4.98 Å². The zero-order valence-corrected chi connectivity index (χ0v) is 23.8. The zero-order valence-electron chi connectivity index (χ0n) is 23.8. The Labute approximate surface area is 248 Å². The lowest BCUT2D eigenvalue weighted by atomic mass is 9.81. The molecule has 4 nitrogen and oxygen atoms in total. The van der Waals surface area contributed by atoms with Crippen LogP contribution in [0.15, 0.2) is 121 Å². The summed E-state index contributed by atoms with van der Waals surface area (Å²) < 4.78 is 4.60. The lowest BCUT2D eigenvalue weighted by molar-refractivity contribution is 0.660. The summed E-state index contributed by atoms with van der Waals surface area (Å²) in [7, 11) is 0. The number of fused-ring (bicyclic) bond motifs is 10. The minimum absolute atomic E-state index is 0.191. The normalized spacial score (nSPS) is 13.5. The summed E-state index contributed by atoms with van der Waals surface area (Å²) in [5.41, 5.74) is 13.3. The molecule has 6 aromatic carbocycles. The van der Waals surface area contributed by atoms with Gasteiger partial charge in [-0.15, -0.1) is 0 Å². The molecule has 0 unspecified atom stereocenters. The molecule has 0 atom stereocenters. The van der Waals surface area contributed by atoms with Gasteiger partial charge in [-0.3, -0.25) is 8.97 Å². The molecule has 0 aliphatic heterocycles. The largest absolute Gasteiger partial charge is 0.278 e.